The average molecular weight is 527 g/mol. The molecular weight excluding hydrogens is 492 g/mol. The monoisotopic (exact) mass is 526 g/mol. The second kappa shape index (κ2) is 12.4. The maximum absolute atomic E-state index is 11.0. The third kappa shape index (κ3) is 7.42. The minimum atomic E-state index is -0.430. The fourth-order valence-electron chi connectivity index (χ4n) is 5.32. The van der Waals surface area contributed by atoms with Gasteiger partial charge in [-0.25, -0.2) is 0 Å². The zero-order chi connectivity index (χ0) is 26.4. The fourth-order valence-corrected chi connectivity index (χ4v) is 5.64. The van der Waals surface area contributed by atoms with Crippen LogP contribution in [0.3, 0.4) is 0 Å². The minimum Gasteiger partial charge on any atom is -0.352 e. The molecule has 2 N–H and O–H groups in total. The molecule has 198 valence electrons. The van der Waals surface area contributed by atoms with Crippen molar-refractivity contribution in [3.8, 4) is 0 Å². The van der Waals surface area contributed by atoms with Crippen LogP contribution in [0.5, 0.6) is 0 Å². The molecule has 1 aliphatic heterocycles. The van der Waals surface area contributed by atoms with Gasteiger partial charge in [-0.1, -0.05) is 24.3 Å². The molecule has 0 spiro atoms. The van der Waals surface area contributed by atoms with E-state index in [2.05, 4.69) is 22.8 Å². The molecule has 0 unspecified atom stereocenters. The molecule has 0 amide bonds. The summed E-state index contributed by atoms with van der Waals surface area (Å²) < 4.78 is 0. The molecule has 2 aromatic rings. The van der Waals surface area contributed by atoms with Gasteiger partial charge in [0.25, 0.3) is 11.4 Å². The maximum atomic E-state index is 11.0. The van der Waals surface area contributed by atoms with E-state index in [1.54, 1.807) is 24.3 Å². The predicted molar refractivity (Wildman–Crippen MR) is 146 cm³/mol. The summed E-state index contributed by atoms with van der Waals surface area (Å²) in [5.41, 5.74) is 1.83. The molecule has 1 aliphatic carbocycles. The Morgan fingerprint density at radius 2 is 1.51 bits per heavy atom. The van der Waals surface area contributed by atoms with Gasteiger partial charge in [0.1, 0.15) is 0 Å². The predicted octanol–water partition coefficient (Wildman–Crippen LogP) is 4.59. The van der Waals surface area contributed by atoms with E-state index in [0.29, 0.717) is 30.3 Å². The quantitative estimate of drug-likeness (QED) is 0.143. The minimum absolute atomic E-state index is 0.0352. The summed E-state index contributed by atoms with van der Waals surface area (Å²) in [4.78, 5) is 25.7. The smallest absolute Gasteiger partial charge is 0.269 e. The normalized spacial score (nSPS) is 21.9. The van der Waals surface area contributed by atoms with Crippen molar-refractivity contribution in [2.24, 2.45) is 5.92 Å². The van der Waals surface area contributed by atoms with Crippen LogP contribution in [-0.4, -0.2) is 56.5 Å². The summed E-state index contributed by atoms with van der Waals surface area (Å²) in [5, 5.41) is 34.3. The van der Waals surface area contributed by atoms with Gasteiger partial charge in [-0.05, 0) is 55.7 Å². The lowest BCUT2D eigenvalue weighted by molar-refractivity contribution is -0.385. The molecule has 37 heavy (non-hydrogen) atoms. The SMILES string of the molecule is N=C(NCc1ccc([N+](=O)[O-])cc1)N(Cc1ccc([N+](=O)[O-])cc1)CC1CCC(N2CC[C@@H](S)C2)CC1. The highest BCUT2D eigenvalue weighted by Crippen LogP contribution is 2.31. The molecule has 2 fully saturated rings. The number of benzene rings is 2. The molecule has 0 bridgehead atoms. The average Bonchev–Trinajstić information content (AvgIpc) is 3.34. The van der Waals surface area contributed by atoms with Gasteiger partial charge < -0.3 is 10.2 Å². The third-order valence-corrected chi connectivity index (χ3v) is 7.87. The van der Waals surface area contributed by atoms with Crippen molar-refractivity contribution in [2.75, 3.05) is 19.6 Å². The Morgan fingerprint density at radius 1 is 0.946 bits per heavy atom. The van der Waals surface area contributed by atoms with E-state index >= 15 is 0 Å². The van der Waals surface area contributed by atoms with E-state index in [0.717, 1.165) is 62.9 Å². The van der Waals surface area contributed by atoms with Crippen LogP contribution in [0.15, 0.2) is 48.5 Å². The van der Waals surface area contributed by atoms with Crippen molar-refractivity contribution in [3.63, 3.8) is 0 Å². The Hall–Kier alpha value is -3.18. The molecule has 10 nitrogen and oxygen atoms in total. The Balaban J connectivity index is 1.38. The zero-order valence-electron chi connectivity index (χ0n) is 20.8. The highest BCUT2D eigenvalue weighted by molar-refractivity contribution is 7.81. The van der Waals surface area contributed by atoms with E-state index in [1.165, 1.54) is 24.3 Å². The molecule has 0 aromatic heterocycles. The topological polar surface area (TPSA) is 129 Å². The molecule has 1 atom stereocenters. The van der Waals surface area contributed by atoms with Crippen LogP contribution in [0.4, 0.5) is 11.4 Å². The summed E-state index contributed by atoms with van der Waals surface area (Å²) in [6.45, 7) is 3.78. The number of nitrogens with one attached hydrogen (secondary N) is 2. The van der Waals surface area contributed by atoms with Crippen molar-refractivity contribution in [1.29, 1.82) is 5.41 Å². The molecule has 2 aromatic carbocycles. The molecular formula is C26H34N6O4S. The first-order chi connectivity index (χ1) is 17.8. The Kier molecular flexibility index (Phi) is 8.99. The summed E-state index contributed by atoms with van der Waals surface area (Å²) in [6.07, 6.45) is 5.67. The molecule has 1 saturated heterocycles. The number of thiol groups is 1. The Labute approximate surface area is 222 Å². The number of non-ortho nitro benzene ring substituents is 2. The van der Waals surface area contributed by atoms with Gasteiger partial charge >= 0.3 is 0 Å². The van der Waals surface area contributed by atoms with Crippen LogP contribution >= 0.6 is 12.6 Å². The van der Waals surface area contributed by atoms with E-state index < -0.39 is 9.85 Å². The molecule has 1 saturated carbocycles. The standard InChI is InChI=1S/C26H34N6O4S/c27-26(28-15-19-1-9-23(10-2-19)31(33)34)30(17-21-5-11-24(12-6-21)32(35)36)16-20-3-7-22(8-4-20)29-14-13-25(37)18-29/h1-2,5-6,9-12,20,22,25,37H,3-4,7-8,13-18H2,(H2,27,28)/t20?,22?,25-/m1/s1. The second-order valence-electron chi connectivity index (χ2n) is 10.0. The molecule has 1 heterocycles. The number of nitro benzene ring substituents is 2. The van der Waals surface area contributed by atoms with Crippen molar-refractivity contribution in [2.45, 2.75) is 56.5 Å². The number of hydrogen-bond acceptors (Lipinski definition) is 7. The molecule has 0 radical (unpaired) electrons. The van der Waals surface area contributed by atoms with Gasteiger partial charge in [-0.3, -0.25) is 30.5 Å². The lowest BCUT2D eigenvalue weighted by atomic mass is 9.85. The van der Waals surface area contributed by atoms with Crippen molar-refractivity contribution in [1.82, 2.24) is 15.1 Å². The molecule has 11 heteroatoms. The fraction of sp³-hybridized carbons (Fsp3) is 0.500. The van der Waals surface area contributed by atoms with Gasteiger partial charge in [0.2, 0.25) is 0 Å². The lowest BCUT2D eigenvalue weighted by Gasteiger charge is -2.37. The molecule has 2 aliphatic rings. The maximum Gasteiger partial charge on any atom is 0.269 e. The third-order valence-electron chi connectivity index (χ3n) is 7.45. The second-order valence-corrected chi connectivity index (χ2v) is 10.8. The summed E-state index contributed by atoms with van der Waals surface area (Å²) >= 11 is 4.64. The van der Waals surface area contributed by atoms with Crippen molar-refractivity contribution in [3.05, 3.63) is 79.9 Å². The summed E-state index contributed by atoms with van der Waals surface area (Å²) in [5.74, 6) is 0.738. The van der Waals surface area contributed by atoms with E-state index in [-0.39, 0.29) is 17.3 Å². The number of guanidine groups is 1. The largest absolute Gasteiger partial charge is 0.352 e. The number of likely N-dealkylation sites (tertiary alicyclic amines) is 1. The van der Waals surface area contributed by atoms with E-state index in [9.17, 15) is 20.2 Å². The van der Waals surface area contributed by atoms with Crippen LogP contribution < -0.4 is 5.32 Å². The number of nitrogens with zero attached hydrogens (tertiary/aromatic N) is 4. The van der Waals surface area contributed by atoms with Gasteiger partial charge in [-0.2, -0.15) is 12.6 Å². The molecule has 4 rings (SSSR count). The first kappa shape index (κ1) is 26.9. The summed E-state index contributed by atoms with van der Waals surface area (Å²) in [6, 6.07) is 13.4. The van der Waals surface area contributed by atoms with Crippen LogP contribution in [0.2, 0.25) is 0 Å². The lowest BCUT2D eigenvalue weighted by Crippen LogP contribution is -2.44. The van der Waals surface area contributed by atoms with Crippen LogP contribution in [0.1, 0.15) is 43.2 Å². The summed E-state index contributed by atoms with van der Waals surface area (Å²) in [7, 11) is 0. The van der Waals surface area contributed by atoms with Crippen LogP contribution in [-0.2, 0) is 13.1 Å². The van der Waals surface area contributed by atoms with Crippen molar-refractivity contribution >= 4 is 30.0 Å². The number of nitro groups is 2. The zero-order valence-corrected chi connectivity index (χ0v) is 21.7. The Morgan fingerprint density at radius 3 is 2.03 bits per heavy atom. The van der Waals surface area contributed by atoms with Crippen molar-refractivity contribution < 1.29 is 9.85 Å². The first-order valence-corrected chi connectivity index (χ1v) is 13.3. The van der Waals surface area contributed by atoms with Gasteiger partial charge in [0.05, 0.1) is 9.85 Å². The Bertz CT molecular complexity index is 1090. The van der Waals surface area contributed by atoms with Gasteiger partial charge in [-0.15, -0.1) is 0 Å². The van der Waals surface area contributed by atoms with E-state index in [4.69, 9.17) is 5.41 Å². The van der Waals surface area contributed by atoms with Crippen LogP contribution in [0.25, 0.3) is 0 Å². The van der Waals surface area contributed by atoms with Gasteiger partial charge in [0, 0.05) is 61.7 Å². The van der Waals surface area contributed by atoms with Crippen LogP contribution in [0, 0.1) is 31.6 Å². The number of hydrogen-bond donors (Lipinski definition) is 3. The highest BCUT2D eigenvalue weighted by Gasteiger charge is 2.31. The highest BCUT2D eigenvalue weighted by atomic mass is 32.1. The first-order valence-electron chi connectivity index (χ1n) is 12.7. The number of rotatable bonds is 9. The van der Waals surface area contributed by atoms with Gasteiger partial charge in [0.15, 0.2) is 5.96 Å². The van der Waals surface area contributed by atoms with E-state index in [1.807, 2.05) is 4.90 Å².